The Morgan fingerprint density at radius 3 is 2.50 bits per heavy atom. The van der Waals surface area contributed by atoms with Crippen molar-refractivity contribution in [3.63, 3.8) is 0 Å². The molecule has 0 saturated heterocycles. The van der Waals surface area contributed by atoms with E-state index in [4.69, 9.17) is 11.6 Å². The van der Waals surface area contributed by atoms with E-state index in [1.807, 2.05) is 25.1 Å². The Balaban J connectivity index is 1.77. The molecule has 0 fully saturated rings. The number of nitrogens with one attached hydrogen (secondary N) is 1. The predicted molar refractivity (Wildman–Crippen MR) is 130 cm³/mol. The van der Waals surface area contributed by atoms with Crippen LogP contribution in [0.1, 0.15) is 11.1 Å². The maximum Gasteiger partial charge on any atom is 0.264 e. The molecule has 9 heteroatoms. The molecule has 0 aliphatic rings. The highest BCUT2D eigenvalue weighted by Crippen LogP contribution is 2.30. The number of aromatic nitrogens is 1. The molecule has 2 aromatic carbocycles. The van der Waals surface area contributed by atoms with E-state index >= 15 is 0 Å². The Hall–Kier alpha value is -2.55. The number of carbonyl (C=O) groups excluding carboxylic acids is 1. The predicted octanol–water partition coefficient (Wildman–Crippen LogP) is 4.46. The maximum absolute atomic E-state index is 13.4. The fourth-order valence-electron chi connectivity index (χ4n) is 2.97. The highest BCUT2D eigenvalue weighted by atomic mass is 35.5. The van der Waals surface area contributed by atoms with Crippen molar-refractivity contribution in [1.29, 1.82) is 0 Å². The lowest BCUT2D eigenvalue weighted by Gasteiger charge is -2.26. The van der Waals surface area contributed by atoms with Gasteiger partial charge in [0, 0.05) is 23.5 Å². The second kappa shape index (κ2) is 10.8. The Bertz CT molecular complexity index is 1170. The number of amides is 1. The molecule has 3 rings (SSSR count). The van der Waals surface area contributed by atoms with Crippen molar-refractivity contribution in [2.45, 2.75) is 23.8 Å². The SMILES string of the molecule is Cc1ccc(S(=O)(=O)N(CC(=O)NCCSc2ccccn2)c2cccc(Cl)c2C)cc1. The second-order valence-corrected chi connectivity index (χ2v) is 10.5. The van der Waals surface area contributed by atoms with Crippen LogP contribution in [0, 0.1) is 13.8 Å². The number of nitrogens with zero attached hydrogens (tertiary/aromatic N) is 2. The van der Waals surface area contributed by atoms with E-state index in [1.54, 1.807) is 55.6 Å². The molecule has 32 heavy (non-hydrogen) atoms. The van der Waals surface area contributed by atoms with E-state index in [0.29, 0.717) is 28.6 Å². The number of hydrogen-bond acceptors (Lipinski definition) is 5. The largest absolute Gasteiger partial charge is 0.354 e. The molecule has 0 radical (unpaired) electrons. The van der Waals surface area contributed by atoms with E-state index in [-0.39, 0.29) is 11.4 Å². The van der Waals surface area contributed by atoms with Gasteiger partial charge in [0.15, 0.2) is 0 Å². The lowest BCUT2D eigenvalue weighted by atomic mass is 10.2. The van der Waals surface area contributed by atoms with Crippen LogP contribution in [0.4, 0.5) is 5.69 Å². The van der Waals surface area contributed by atoms with E-state index in [2.05, 4.69) is 10.3 Å². The minimum absolute atomic E-state index is 0.112. The summed E-state index contributed by atoms with van der Waals surface area (Å²) in [7, 11) is -3.98. The van der Waals surface area contributed by atoms with E-state index < -0.39 is 15.9 Å². The first kappa shape index (κ1) is 24.1. The Morgan fingerprint density at radius 1 is 1.06 bits per heavy atom. The van der Waals surface area contributed by atoms with Gasteiger partial charge < -0.3 is 5.32 Å². The molecular formula is C23H24ClN3O3S2. The van der Waals surface area contributed by atoms with Gasteiger partial charge in [-0.1, -0.05) is 41.4 Å². The van der Waals surface area contributed by atoms with Gasteiger partial charge in [0.2, 0.25) is 5.91 Å². The lowest BCUT2D eigenvalue weighted by molar-refractivity contribution is -0.119. The lowest BCUT2D eigenvalue weighted by Crippen LogP contribution is -2.41. The van der Waals surface area contributed by atoms with Crippen LogP contribution >= 0.6 is 23.4 Å². The molecule has 0 atom stereocenters. The van der Waals surface area contributed by atoms with Crippen LogP contribution in [0.25, 0.3) is 0 Å². The van der Waals surface area contributed by atoms with Gasteiger partial charge in [-0.3, -0.25) is 9.10 Å². The number of anilines is 1. The average molecular weight is 490 g/mol. The Kier molecular flexibility index (Phi) is 8.17. The number of hydrogen-bond donors (Lipinski definition) is 1. The van der Waals surface area contributed by atoms with Crippen molar-refractivity contribution >= 4 is 45.0 Å². The summed E-state index contributed by atoms with van der Waals surface area (Å²) in [6.07, 6.45) is 1.71. The van der Waals surface area contributed by atoms with Crippen LogP contribution < -0.4 is 9.62 Å². The normalized spacial score (nSPS) is 11.2. The topological polar surface area (TPSA) is 79.4 Å². The van der Waals surface area contributed by atoms with E-state index in [0.717, 1.165) is 14.9 Å². The third-order valence-corrected chi connectivity index (χ3v) is 7.84. The maximum atomic E-state index is 13.4. The second-order valence-electron chi connectivity index (χ2n) is 7.08. The zero-order chi connectivity index (χ0) is 23.1. The van der Waals surface area contributed by atoms with Crippen LogP contribution in [0.5, 0.6) is 0 Å². The summed E-state index contributed by atoms with van der Waals surface area (Å²) in [5.74, 6) is 0.214. The fraction of sp³-hybridized carbons (Fsp3) is 0.217. The van der Waals surface area contributed by atoms with Crippen LogP contribution in [0.3, 0.4) is 0 Å². The molecule has 0 aliphatic heterocycles. The van der Waals surface area contributed by atoms with Crippen molar-refractivity contribution in [2.75, 3.05) is 23.1 Å². The molecule has 3 aromatic rings. The molecule has 0 saturated carbocycles. The zero-order valence-corrected chi connectivity index (χ0v) is 20.2. The summed E-state index contributed by atoms with van der Waals surface area (Å²) < 4.78 is 28.0. The van der Waals surface area contributed by atoms with Gasteiger partial charge >= 0.3 is 0 Å². The molecule has 1 N–H and O–H groups in total. The Morgan fingerprint density at radius 2 is 1.81 bits per heavy atom. The van der Waals surface area contributed by atoms with Gasteiger partial charge in [0.1, 0.15) is 6.54 Å². The van der Waals surface area contributed by atoms with Crippen LogP contribution in [-0.4, -0.2) is 38.2 Å². The number of aryl methyl sites for hydroxylation is 1. The summed E-state index contributed by atoms with van der Waals surface area (Å²) in [5.41, 5.74) is 1.90. The zero-order valence-electron chi connectivity index (χ0n) is 17.8. The van der Waals surface area contributed by atoms with Gasteiger partial charge in [-0.15, -0.1) is 11.8 Å². The number of benzene rings is 2. The molecule has 0 unspecified atom stereocenters. The number of pyridine rings is 1. The molecule has 1 aromatic heterocycles. The van der Waals surface area contributed by atoms with Crippen LogP contribution in [0.15, 0.2) is 76.8 Å². The van der Waals surface area contributed by atoms with Crippen molar-refractivity contribution < 1.29 is 13.2 Å². The van der Waals surface area contributed by atoms with Gasteiger partial charge in [-0.05, 0) is 55.8 Å². The summed E-state index contributed by atoms with van der Waals surface area (Å²) in [6, 6.07) is 17.2. The number of rotatable bonds is 9. The van der Waals surface area contributed by atoms with Crippen LogP contribution in [-0.2, 0) is 14.8 Å². The highest BCUT2D eigenvalue weighted by molar-refractivity contribution is 7.99. The molecule has 0 bridgehead atoms. The molecule has 0 spiro atoms. The van der Waals surface area contributed by atoms with Gasteiger partial charge in [-0.25, -0.2) is 13.4 Å². The van der Waals surface area contributed by atoms with Crippen molar-refractivity contribution in [2.24, 2.45) is 0 Å². The van der Waals surface area contributed by atoms with Gasteiger partial charge in [0.25, 0.3) is 10.0 Å². The monoisotopic (exact) mass is 489 g/mol. The number of thioether (sulfide) groups is 1. The van der Waals surface area contributed by atoms with Crippen molar-refractivity contribution in [3.05, 3.63) is 83.0 Å². The molecule has 0 aliphatic carbocycles. The molecule has 6 nitrogen and oxygen atoms in total. The van der Waals surface area contributed by atoms with E-state index in [1.165, 1.54) is 11.8 Å². The summed E-state index contributed by atoms with van der Waals surface area (Å²) in [4.78, 5) is 17.0. The minimum atomic E-state index is -3.98. The smallest absolute Gasteiger partial charge is 0.264 e. The van der Waals surface area contributed by atoms with E-state index in [9.17, 15) is 13.2 Å². The van der Waals surface area contributed by atoms with Crippen molar-refractivity contribution in [3.8, 4) is 0 Å². The highest BCUT2D eigenvalue weighted by Gasteiger charge is 2.28. The number of carbonyl (C=O) groups is 1. The third-order valence-electron chi connectivity index (χ3n) is 4.72. The summed E-state index contributed by atoms with van der Waals surface area (Å²) in [6.45, 7) is 3.64. The number of halogens is 1. The standard InChI is InChI=1S/C23H24ClN3O3S2/c1-17-9-11-19(12-10-17)32(29,30)27(21-7-5-6-20(24)18(21)2)16-22(28)25-14-15-31-23-8-3-4-13-26-23/h3-13H,14-16H2,1-2H3,(H,25,28). The van der Waals surface area contributed by atoms with Gasteiger partial charge in [0.05, 0.1) is 15.6 Å². The first-order valence-electron chi connectivity index (χ1n) is 9.94. The van der Waals surface area contributed by atoms with Gasteiger partial charge in [-0.2, -0.15) is 0 Å². The quantitative estimate of drug-likeness (QED) is 0.354. The summed E-state index contributed by atoms with van der Waals surface area (Å²) in [5, 5.41) is 4.08. The molecule has 168 valence electrons. The summed E-state index contributed by atoms with van der Waals surface area (Å²) >= 11 is 7.75. The minimum Gasteiger partial charge on any atom is -0.354 e. The van der Waals surface area contributed by atoms with Crippen molar-refractivity contribution in [1.82, 2.24) is 10.3 Å². The molecule has 1 amide bonds. The average Bonchev–Trinajstić information content (AvgIpc) is 2.78. The number of sulfonamides is 1. The Labute approximate surface area is 198 Å². The molecular weight excluding hydrogens is 466 g/mol. The fourth-order valence-corrected chi connectivity index (χ4v) is 5.34. The van der Waals surface area contributed by atoms with Crippen LogP contribution in [0.2, 0.25) is 5.02 Å². The first-order valence-corrected chi connectivity index (χ1v) is 12.7. The third kappa shape index (κ3) is 6.03. The molecule has 1 heterocycles. The first-order chi connectivity index (χ1) is 15.3.